The fourth-order valence-electron chi connectivity index (χ4n) is 3.36. The van der Waals surface area contributed by atoms with Crippen LogP contribution in [0.25, 0.3) is 0 Å². The fraction of sp³-hybridized carbons (Fsp3) is 0.250. The Kier molecular flexibility index (Phi) is 5.29. The Hall–Kier alpha value is -3.95. The zero-order chi connectivity index (χ0) is 21.1. The molecule has 0 saturated heterocycles. The van der Waals surface area contributed by atoms with E-state index >= 15 is 0 Å². The molecule has 0 aliphatic carbocycles. The molecule has 0 radical (unpaired) electrons. The number of nitro groups is 1. The van der Waals surface area contributed by atoms with Crippen LogP contribution in [0.4, 0.5) is 11.4 Å². The maximum atomic E-state index is 12.6. The number of nitrogens with zero attached hydrogens (tertiary/aromatic N) is 4. The highest BCUT2D eigenvalue weighted by Crippen LogP contribution is 2.30. The normalized spacial score (nSPS) is 13.0. The topological polar surface area (TPSA) is 121 Å². The van der Waals surface area contributed by atoms with Gasteiger partial charge in [0, 0.05) is 36.8 Å². The first kappa shape index (κ1) is 19.4. The molecule has 154 valence electrons. The van der Waals surface area contributed by atoms with Crippen LogP contribution in [-0.4, -0.2) is 39.7 Å². The second-order valence-electron chi connectivity index (χ2n) is 6.76. The van der Waals surface area contributed by atoms with Crippen LogP contribution in [0.15, 0.2) is 53.2 Å². The molecular weight excluding hydrogens is 392 g/mol. The zero-order valence-corrected chi connectivity index (χ0v) is 15.9. The Morgan fingerprint density at radius 2 is 2.13 bits per heavy atom. The lowest BCUT2D eigenvalue weighted by molar-refractivity contribution is -0.384. The molecular formula is C20H18N4O6. The number of hydrogen-bond donors (Lipinski definition) is 0. The van der Waals surface area contributed by atoms with Crippen LogP contribution in [0.2, 0.25) is 0 Å². The lowest BCUT2D eigenvalue weighted by atomic mass is 10.0. The Morgan fingerprint density at radius 3 is 2.90 bits per heavy atom. The quantitative estimate of drug-likeness (QED) is 0.348. The SMILES string of the molecule is O=C(OCC(=O)N1CCCc2cc([N+](=O)[O-])ccc21)c1ccc(Cn2cccn2)o1. The number of carbonyl (C=O) groups is 2. The molecule has 0 saturated carbocycles. The number of carbonyl (C=O) groups excluding carboxylic acids is 2. The average Bonchev–Trinajstić information content (AvgIpc) is 3.43. The van der Waals surface area contributed by atoms with Crippen molar-refractivity contribution < 1.29 is 23.7 Å². The van der Waals surface area contributed by atoms with Gasteiger partial charge in [-0.1, -0.05) is 0 Å². The highest BCUT2D eigenvalue weighted by atomic mass is 16.6. The van der Waals surface area contributed by atoms with E-state index in [1.165, 1.54) is 23.1 Å². The molecule has 0 unspecified atom stereocenters. The lowest BCUT2D eigenvalue weighted by Gasteiger charge is -2.29. The molecule has 10 heteroatoms. The van der Waals surface area contributed by atoms with Gasteiger partial charge in [0.05, 0.1) is 11.5 Å². The molecule has 1 aromatic carbocycles. The number of ether oxygens (including phenoxy) is 1. The smallest absolute Gasteiger partial charge is 0.374 e. The van der Waals surface area contributed by atoms with Crippen molar-refractivity contribution in [3.63, 3.8) is 0 Å². The Labute approximate surface area is 170 Å². The summed E-state index contributed by atoms with van der Waals surface area (Å²) in [6.07, 6.45) is 4.72. The number of nitro benzene ring substituents is 1. The van der Waals surface area contributed by atoms with E-state index in [0.29, 0.717) is 37.4 Å². The van der Waals surface area contributed by atoms with Crippen molar-refractivity contribution in [3.8, 4) is 0 Å². The molecule has 0 fully saturated rings. The van der Waals surface area contributed by atoms with Crippen LogP contribution in [0.3, 0.4) is 0 Å². The molecule has 2 aromatic heterocycles. The monoisotopic (exact) mass is 410 g/mol. The maximum Gasteiger partial charge on any atom is 0.374 e. The van der Waals surface area contributed by atoms with Gasteiger partial charge in [0.1, 0.15) is 5.76 Å². The molecule has 1 aliphatic rings. The van der Waals surface area contributed by atoms with E-state index in [1.54, 1.807) is 35.3 Å². The van der Waals surface area contributed by atoms with Crippen molar-refractivity contribution in [1.29, 1.82) is 0 Å². The van der Waals surface area contributed by atoms with Crippen molar-refractivity contribution in [2.24, 2.45) is 0 Å². The van der Waals surface area contributed by atoms with E-state index in [1.807, 2.05) is 0 Å². The largest absolute Gasteiger partial charge is 0.452 e. The number of fused-ring (bicyclic) bond motifs is 1. The van der Waals surface area contributed by atoms with Crippen LogP contribution < -0.4 is 4.90 Å². The van der Waals surface area contributed by atoms with Gasteiger partial charge in [0.2, 0.25) is 5.76 Å². The summed E-state index contributed by atoms with van der Waals surface area (Å²) in [5.41, 5.74) is 1.31. The number of non-ortho nitro benzene ring substituents is 1. The number of furan rings is 1. The number of esters is 1. The first-order chi connectivity index (χ1) is 14.5. The van der Waals surface area contributed by atoms with Gasteiger partial charge in [0.25, 0.3) is 11.6 Å². The van der Waals surface area contributed by atoms with Gasteiger partial charge < -0.3 is 14.1 Å². The summed E-state index contributed by atoms with van der Waals surface area (Å²) < 4.78 is 12.2. The molecule has 1 aliphatic heterocycles. The number of benzene rings is 1. The summed E-state index contributed by atoms with van der Waals surface area (Å²) in [7, 11) is 0. The van der Waals surface area contributed by atoms with Crippen LogP contribution in [0, 0.1) is 10.1 Å². The zero-order valence-electron chi connectivity index (χ0n) is 15.9. The third kappa shape index (κ3) is 4.07. The van der Waals surface area contributed by atoms with Crippen molar-refractivity contribution in [2.45, 2.75) is 19.4 Å². The number of hydrogen-bond acceptors (Lipinski definition) is 7. The third-order valence-electron chi connectivity index (χ3n) is 4.76. The summed E-state index contributed by atoms with van der Waals surface area (Å²) in [6, 6.07) is 9.31. The van der Waals surface area contributed by atoms with Crippen LogP contribution in [0.1, 0.15) is 28.3 Å². The molecule has 10 nitrogen and oxygen atoms in total. The van der Waals surface area contributed by atoms with E-state index < -0.39 is 23.4 Å². The molecule has 0 spiro atoms. The lowest BCUT2D eigenvalue weighted by Crippen LogP contribution is -2.38. The van der Waals surface area contributed by atoms with E-state index in [2.05, 4.69) is 5.10 Å². The standard InChI is InChI=1S/C20H18N4O6/c25-19(23-10-1-3-14-11-15(24(27)28)4-6-17(14)23)13-29-20(26)18-7-5-16(30-18)12-22-9-2-8-21-22/h2,4-9,11H,1,3,10,12-13H2. The van der Waals surface area contributed by atoms with Crippen molar-refractivity contribution >= 4 is 23.3 Å². The summed E-state index contributed by atoms with van der Waals surface area (Å²) >= 11 is 0. The van der Waals surface area contributed by atoms with E-state index in [9.17, 15) is 19.7 Å². The van der Waals surface area contributed by atoms with E-state index in [-0.39, 0.29) is 11.4 Å². The number of aryl methyl sites for hydroxylation is 1. The van der Waals surface area contributed by atoms with Gasteiger partial charge in [-0.15, -0.1) is 0 Å². The van der Waals surface area contributed by atoms with E-state index in [4.69, 9.17) is 9.15 Å². The summed E-state index contributed by atoms with van der Waals surface area (Å²) in [5.74, 6) is -0.611. The third-order valence-corrected chi connectivity index (χ3v) is 4.76. The summed E-state index contributed by atoms with van der Waals surface area (Å²) in [5, 5.41) is 15.0. The second-order valence-corrected chi connectivity index (χ2v) is 6.76. The Bertz CT molecular complexity index is 1090. The first-order valence-electron chi connectivity index (χ1n) is 9.32. The first-order valence-corrected chi connectivity index (χ1v) is 9.32. The van der Waals surface area contributed by atoms with Gasteiger partial charge in [-0.25, -0.2) is 4.79 Å². The van der Waals surface area contributed by atoms with Crippen LogP contribution in [0.5, 0.6) is 0 Å². The highest BCUT2D eigenvalue weighted by molar-refractivity contribution is 5.97. The summed E-state index contributed by atoms with van der Waals surface area (Å²) in [4.78, 5) is 36.8. The van der Waals surface area contributed by atoms with Crippen LogP contribution >= 0.6 is 0 Å². The van der Waals surface area contributed by atoms with Crippen molar-refractivity contribution in [1.82, 2.24) is 9.78 Å². The predicted molar refractivity (Wildman–Crippen MR) is 104 cm³/mol. The molecule has 3 aromatic rings. The van der Waals surface area contributed by atoms with Gasteiger partial charge in [-0.3, -0.25) is 19.6 Å². The minimum Gasteiger partial charge on any atom is -0.452 e. The Balaban J connectivity index is 1.38. The molecule has 3 heterocycles. The van der Waals surface area contributed by atoms with Gasteiger partial charge in [-0.05, 0) is 42.7 Å². The van der Waals surface area contributed by atoms with Crippen LogP contribution in [-0.2, 0) is 22.5 Å². The van der Waals surface area contributed by atoms with Crippen molar-refractivity contribution in [3.05, 3.63) is 76.0 Å². The maximum absolute atomic E-state index is 12.6. The van der Waals surface area contributed by atoms with E-state index in [0.717, 1.165) is 5.56 Å². The number of rotatable bonds is 6. The molecule has 4 rings (SSSR count). The molecule has 0 bridgehead atoms. The predicted octanol–water partition coefficient (Wildman–Crippen LogP) is 2.57. The van der Waals surface area contributed by atoms with Gasteiger partial charge in [-0.2, -0.15) is 5.10 Å². The number of anilines is 1. The molecule has 1 amide bonds. The fourth-order valence-corrected chi connectivity index (χ4v) is 3.36. The summed E-state index contributed by atoms with van der Waals surface area (Å²) in [6.45, 7) is 0.371. The average molecular weight is 410 g/mol. The molecule has 0 atom stereocenters. The van der Waals surface area contributed by atoms with Gasteiger partial charge in [0.15, 0.2) is 6.61 Å². The van der Waals surface area contributed by atoms with Gasteiger partial charge >= 0.3 is 5.97 Å². The second kappa shape index (κ2) is 8.19. The number of amides is 1. The minimum absolute atomic E-state index is 0.000347. The minimum atomic E-state index is -0.740. The number of aromatic nitrogens is 2. The molecule has 30 heavy (non-hydrogen) atoms. The van der Waals surface area contributed by atoms with Crippen molar-refractivity contribution in [2.75, 3.05) is 18.1 Å². The highest BCUT2D eigenvalue weighted by Gasteiger charge is 2.25. The molecule has 0 N–H and O–H groups in total. The Morgan fingerprint density at radius 1 is 1.27 bits per heavy atom.